The Morgan fingerprint density at radius 3 is 1.85 bits per heavy atom. The molecule has 11 rings (SSSR count). The fourth-order valence-corrected chi connectivity index (χ4v) is 8.48. The molecule has 0 aliphatic carbocycles. The van der Waals surface area contributed by atoms with Crippen LogP contribution in [0.2, 0.25) is 0 Å². The fraction of sp³-hybridized carbons (Fsp3) is 0. The lowest BCUT2D eigenvalue weighted by Gasteiger charge is -2.16. The molecule has 55 heavy (non-hydrogen) atoms. The van der Waals surface area contributed by atoms with Crippen LogP contribution < -0.4 is 0 Å². The molecule has 0 radical (unpaired) electrons. The van der Waals surface area contributed by atoms with Crippen molar-refractivity contribution < 1.29 is 0 Å². The van der Waals surface area contributed by atoms with Gasteiger partial charge in [0.05, 0.1) is 22.4 Å². The SMILES string of the molecule is c1ccc(-c2c(-c3ccccc3)n(-c3ccc4ccccc4c3)c3c2ccc2c4cccc(-c5ccc(-c6cnc7ccccc7c6)nc5)c4ccc23)cc1. The second-order valence-electron chi connectivity index (χ2n) is 14.2. The topological polar surface area (TPSA) is 30.7 Å². The van der Waals surface area contributed by atoms with Crippen molar-refractivity contribution in [1.29, 1.82) is 0 Å². The molecule has 0 spiro atoms. The van der Waals surface area contributed by atoms with E-state index in [2.05, 4.69) is 179 Å². The van der Waals surface area contributed by atoms with E-state index in [9.17, 15) is 0 Å². The van der Waals surface area contributed by atoms with Crippen LogP contribution in [0.15, 0.2) is 200 Å². The Morgan fingerprint density at radius 2 is 1.04 bits per heavy atom. The van der Waals surface area contributed by atoms with Crippen molar-refractivity contribution in [3.8, 4) is 50.5 Å². The van der Waals surface area contributed by atoms with Crippen LogP contribution in [0.4, 0.5) is 0 Å². The van der Waals surface area contributed by atoms with Crippen molar-refractivity contribution in [2.75, 3.05) is 0 Å². The molecule has 3 aromatic heterocycles. The van der Waals surface area contributed by atoms with Gasteiger partial charge in [-0.3, -0.25) is 9.97 Å². The minimum Gasteiger partial charge on any atom is -0.308 e. The second-order valence-corrected chi connectivity index (χ2v) is 14.2. The quantitative estimate of drug-likeness (QED) is 0.167. The highest BCUT2D eigenvalue weighted by Crippen LogP contribution is 2.46. The molecule has 0 saturated carbocycles. The molecule has 0 N–H and O–H groups in total. The van der Waals surface area contributed by atoms with Gasteiger partial charge in [0.25, 0.3) is 0 Å². The minimum absolute atomic E-state index is 0.910. The van der Waals surface area contributed by atoms with E-state index in [4.69, 9.17) is 4.98 Å². The van der Waals surface area contributed by atoms with E-state index in [0.29, 0.717) is 0 Å². The van der Waals surface area contributed by atoms with Crippen LogP contribution in [0.3, 0.4) is 0 Å². The van der Waals surface area contributed by atoms with Crippen LogP contribution in [0, 0.1) is 0 Å². The summed E-state index contributed by atoms with van der Waals surface area (Å²) in [5, 5.41) is 9.63. The molecule has 0 fully saturated rings. The molecule has 0 saturated heterocycles. The van der Waals surface area contributed by atoms with Crippen LogP contribution in [-0.4, -0.2) is 14.5 Å². The Morgan fingerprint density at radius 1 is 0.364 bits per heavy atom. The summed E-state index contributed by atoms with van der Waals surface area (Å²) < 4.78 is 2.50. The molecule has 0 bridgehead atoms. The number of rotatable bonds is 5. The third-order valence-corrected chi connectivity index (χ3v) is 11.0. The molecule has 3 nitrogen and oxygen atoms in total. The Kier molecular flexibility index (Phi) is 7.17. The van der Waals surface area contributed by atoms with Gasteiger partial charge in [-0.25, -0.2) is 0 Å². The van der Waals surface area contributed by atoms with Gasteiger partial charge in [0, 0.05) is 50.9 Å². The first-order valence-electron chi connectivity index (χ1n) is 18.7. The van der Waals surface area contributed by atoms with E-state index in [0.717, 1.165) is 39.0 Å². The van der Waals surface area contributed by atoms with Gasteiger partial charge in [-0.2, -0.15) is 0 Å². The number of aromatic nitrogens is 3. The number of para-hydroxylation sites is 1. The van der Waals surface area contributed by atoms with Crippen LogP contribution in [0.5, 0.6) is 0 Å². The van der Waals surface area contributed by atoms with Crippen molar-refractivity contribution >= 4 is 54.1 Å². The van der Waals surface area contributed by atoms with E-state index >= 15 is 0 Å². The molecule has 8 aromatic carbocycles. The maximum Gasteiger partial charge on any atom is 0.0718 e. The smallest absolute Gasteiger partial charge is 0.0718 e. The molecule has 256 valence electrons. The van der Waals surface area contributed by atoms with E-state index < -0.39 is 0 Å². The van der Waals surface area contributed by atoms with Gasteiger partial charge in [0.2, 0.25) is 0 Å². The summed E-state index contributed by atoms with van der Waals surface area (Å²) in [7, 11) is 0. The molecule has 11 aromatic rings. The van der Waals surface area contributed by atoms with E-state index in [-0.39, 0.29) is 0 Å². The molecule has 0 aliphatic rings. The van der Waals surface area contributed by atoms with Gasteiger partial charge in [0.15, 0.2) is 0 Å². The maximum absolute atomic E-state index is 4.94. The van der Waals surface area contributed by atoms with Crippen molar-refractivity contribution in [1.82, 2.24) is 14.5 Å². The lowest BCUT2D eigenvalue weighted by Crippen LogP contribution is -1.98. The Balaban J connectivity index is 1.15. The first kappa shape index (κ1) is 31.2. The zero-order chi connectivity index (χ0) is 36.3. The lowest BCUT2D eigenvalue weighted by atomic mass is 9.93. The predicted octanol–water partition coefficient (Wildman–Crippen LogP) is 13.7. The van der Waals surface area contributed by atoms with Crippen molar-refractivity contribution in [2.24, 2.45) is 0 Å². The lowest BCUT2D eigenvalue weighted by molar-refractivity contribution is 1.14. The van der Waals surface area contributed by atoms with Gasteiger partial charge < -0.3 is 4.57 Å². The predicted molar refractivity (Wildman–Crippen MR) is 231 cm³/mol. The normalized spacial score (nSPS) is 11.6. The van der Waals surface area contributed by atoms with E-state index in [1.165, 1.54) is 65.6 Å². The zero-order valence-electron chi connectivity index (χ0n) is 29.9. The third-order valence-electron chi connectivity index (χ3n) is 11.0. The molecular weight excluding hydrogens is 667 g/mol. The maximum atomic E-state index is 4.94. The molecule has 0 atom stereocenters. The molecule has 0 aliphatic heterocycles. The van der Waals surface area contributed by atoms with E-state index in [1.54, 1.807) is 0 Å². The van der Waals surface area contributed by atoms with Gasteiger partial charge in [0.1, 0.15) is 0 Å². The Hall–Kier alpha value is -7.36. The summed E-state index contributed by atoms with van der Waals surface area (Å²) in [5.74, 6) is 0. The number of hydrogen-bond donors (Lipinski definition) is 0. The van der Waals surface area contributed by atoms with Gasteiger partial charge in [-0.05, 0) is 74.0 Å². The number of hydrogen-bond acceptors (Lipinski definition) is 2. The second kappa shape index (κ2) is 12.6. The molecule has 3 heteroatoms. The summed E-state index contributed by atoms with van der Waals surface area (Å²) in [6.45, 7) is 0. The molecular formula is C52H33N3. The molecule has 0 amide bonds. The van der Waals surface area contributed by atoms with Gasteiger partial charge >= 0.3 is 0 Å². The van der Waals surface area contributed by atoms with Gasteiger partial charge in [-0.15, -0.1) is 0 Å². The first-order valence-corrected chi connectivity index (χ1v) is 18.7. The minimum atomic E-state index is 0.910. The third kappa shape index (κ3) is 5.13. The fourth-order valence-electron chi connectivity index (χ4n) is 8.48. The highest BCUT2D eigenvalue weighted by atomic mass is 15.0. The number of pyridine rings is 2. The van der Waals surface area contributed by atoms with Crippen LogP contribution in [-0.2, 0) is 0 Å². The van der Waals surface area contributed by atoms with Crippen molar-refractivity contribution in [2.45, 2.75) is 0 Å². The average Bonchev–Trinajstić information content (AvgIpc) is 3.62. The Bertz CT molecular complexity index is 3230. The van der Waals surface area contributed by atoms with E-state index in [1.807, 2.05) is 30.6 Å². The summed E-state index contributed by atoms with van der Waals surface area (Å²) >= 11 is 0. The van der Waals surface area contributed by atoms with Crippen molar-refractivity contribution in [3.63, 3.8) is 0 Å². The highest BCUT2D eigenvalue weighted by Gasteiger charge is 2.24. The van der Waals surface area contributed by atoms with Crippen LogP contribution in [0.25, 0.3) is 105 Å². The number of nitrogens with zero attached hydrogens (tertiary/aromatic N) is 3. The zero-order valence-corrected chi connectivity index (χ0v) is 29.9. The van der Waals surface area contributed by atoms with Crippen molar-refractivity contribution in [3.05, 3.63) is 200 Å². The summed E-state index contributed by atoms with van der Waals surface area (Å²) in [6.07, 6.45) is 3.91. The standard InChI is InChI=1S/C52H33N3/c1-3-13-35(14-4-1)50-47-28-26-45-43-20-11-19-42(39-23-29-49(53-32-39)40-30-38-18-9-10-21-48(38)54-33-40)44(43)25-27-46(45)52(47)55(51(50)36-15-5-2-6-16-36)41-24-22-34-12-7-8-17-37(34)31-41/h1-33H. The average molecular weight is 700 g/mol. The summed E-state index contributed by atoms with van der Waals surface area (Å²) in [5.41, 5.74) is 12.3. The van der Waals surface area contributed by atoms with Crippen LogP contribution in [0.1, 0.15) is 0 Å². The molecule has 3 heterocycles. The monoisotopic (exact) mass is 699 g/mol. The number of benzene rings is 8. The number of fused-ring (bicyclic) bond motifs is 7. The highest BCUT2D eigenvalue weighted by molar-refractivity contribution is 6.22. The summed E-state index contributed by atoms with van der Waals surface area (Å²) in [4.78, 5) is 9.60. The first-order chi connectivity index (χ1) is 27.3. The van der Waals surface area contributed by atoms with Crippen LogP contribution >= 0.6 is 0 Å². The van der Waals surface area contributed by atoms with Gasteiger partial charge in [-0.1, -0.05) is 158 Å². The molecule has 0 unspecified atom stereocenters. The Labute approximate surface area is 318 Å². The largest absolute Gasteiger partial charge is 0.308 e. The summed E-state index contributed by atoms with van der Waals surface area (Å²) in [6, 6.07) is 67.7.